The number of carboxylic acid groups (broad SMARTS) is 1. The lowest BCUT2D eigenvalue weighted by molar-refractivity contribution is 0.131. The molecule has 0 unspecified atom stereocenters. The van der Waals surface area contributed by atoms with Crippen LogP contribution in [0.4, 0.5) is 22.1 Å². The molecule has 0 saturated carbocycles. The molecule has 148 valence electrons. The number of hydrogen-bond donors (Lipinski definition) is 2. The van der Waals surface area contributed by atoms with Gasteiger partial charge in [0.05, 0.1) is 18.5 Å². The fourth-order valence-electron chi connectivity index (χ4n) is 3.75. The smallest absolute Gasteiger partial charge is 0.407 e. The highest BCUT2D eigenvalue weighted by Gasteiger charge is 2.31. The molecule has 0 atom stereocenters. The summed E-state index contributed by atoms with van der Waals surface area (Å²) in [6.07, 6.45) is 6.64. The molecular formula is C19H24N6O3. The number of nitrogens with zero attached hydrogens (tertiary/aromatic N) is 5. The first kappa shape index (κ1) is 18.3. The van der Waals surface area contributed by atoms with Crippen LogP contribution >= 0.6 is 0 Å². The first-order valence-corrected chi connectivity index (χ1v) is 9.53. The lowest BCUT2D eigenvalue weighted by atomic mass is 10.0. The Labute approximate surface area is 163 Å². The minimum atomic E-state index is -0.848. The quantitative estimate of drug-likeness (QED) is 0.832. The van der Waals surface area contributed by atoms with E-state index in [1.54, 1.807) is 18.7 Å². The fraction of sp³-hybridized carbons (Fsp3) is 0.474. The monoisotopic (exact) mass is 384 g/mol. The van der Waals surface area contributed by atoms with Crippen LogP contribution in [0.3, 0.4) is 0 Å². The minimum absolute atomic E-state index is 0.235. The number of hydrogen-bond acceptors (Lipinski definition) is 7. The van der Waals surface area contributed by atoms with Gasteiger partial charge in [0.1, 0.15) is 6.33 Å². The Balaban J connectivity index is 1.60. The van der Waals surface area contributed by atoms with Crippen LogP contribution in [0.5, 0.6) is 5.75 Å². The molecule has 28 heavy (non-hydrogen) atoms. The van der Waals surface area contributed by atoms with Crippen molar-refractivity contribution in [3.05, 3.63) is 30.4 Å². The van der Waals surface area contributed by atoms with E-state index in [0.29, 0.717) is 31.3 Å². The van der Waals surface area contributed by atoms with Gasteiger partial charge in [0.25, 0.3) is 0 Å². The molecule has 2 aliphatic rings. The van der Waals surface area contributed by atoms with Crippen LogP contribution in [0, 0.1) is 6.92 Å². The lowest BCUT2D eigenvalue weighted by Gasteiger charge is -2.37. The number of fused-ring (bicyclic) bond motifs is 1. The van der Waals surface area contributed by atoms with Gasteiger partial charge in [-0.3, -0.25) is 4.98 Å². The van der Waals surface area contributed by atoms with Crippen LogP contribution in [0.15, 0.2) is 24.8 Å². The number of rotatable bonds is 3. The van der Waals surface area contributed by atoms with Gasteiger partial charge in [-0.05, 0) is 37.8 Å². The van der Waals surface area contributed by atoms with E-state index in [9.17, 15) is 9.90 Å². The Hall–Kier alpha value is -3.10. The highest BCUT2D eigenvalue weighted by Crippen LogP contribution is 2.38. The number of aryl methyl sites for hydroxylation is 1. The van der Waals surface area contributed by atoms with E-state index in [1.165, 1.54) is 4.90 Å². The van der Waals surface area contributed by atoms with E-state index >= 15 is 0 Å². The van der Waals surface area contributed by atoms with Crippen LogP contribution < -0.4 is 15.0 Å². The molecule has 0 bridgehead atoms. The number of piperidine rings is 1. The third-order valence-corrected chi connectivity index (χ3v) is 5.31. The Morgan fingerprint density at radius 3 is 2.86 bits per heavy atom. The van der Waals surface area contributed by atoms with E-state index in [0.717, 1.165) is 42.9 Å². The lowest BCUT2D eigenvalue weighted by Crippen LogP contribution is -2.47. The zero-order valence-corrected chi connectivity index (χ0v) is 15.8. The topological polar surface area (TPSA) is 104 Å². The summed E-state index contributed by atoms with van der Waals surface area (Å²) in [7, 11) is 0. The van der Waals surface area contributed by atoms with Gasteiger partial charge < -0.3 is 25.0 Å². The molecule has 0 aliphatic carbocycles. The highest BCUT2D eigenvalue weighted by atomic mass is 16.5. The molecule has 4 rings (SSSR count). The molecule has 0 radical (unpaired) electrons. The van der Waals surface area contributed by atoms with Crippen molar-refractivity contribution in [3.8, 4) is 5.75 Å². The van der Waals surface area contributed by atoms with Crippen molar-refractivity contribution < 1.29 is 14.6 Å². The summed E-state index contributed by atoms with van der Waals surface area (Å²) in [5.41, 5.74) is 1.94. The van der Waals surface area contributed by atoms with Gasteiger partial charge in [0.2, 0.25) is 5.75 Å². The van der Waals surface area contributed by atoms with Gasteiger partial charge in [-0.25, -0.2) is 14.8 Å². The van der Waals surface area contributed by atoms with Crippen LogP contribution in [-0.2, 0) is 0 Å². The maximum Gasteiger partial charge on any atom is 0.407 e. The minimum Gasteiger partial charge on any atom is -0.486 e. The Kier molecular flexibility index (Phi) is 5.14. The molecule has 1 amide bonds. The number of ether oxygens (including phenoxy) is 1. The van der Waals surface area contributed by atoms with Crippen LogP contribution in [0.1, 0.15) is 24.8 Å². The Bertz CT molecular complexity index is 853. The third-order valence-electron chi connectivity index (χ3n) is 5.31. The summed E-state index contributed by atoms with van der Waals surface area (Å²) >= 11 is 0. The molecule has 2 N–H and O–H groups in total. The normalized spacial score (nSPS) is 17.5. The van der Waals surface area contributed by atoms with E-state index in [1.807, 2.05) is 13.0 Å². The van der Waals surface area contributed by atoms with Crippen molar-refractivity contribution >= 4 is 23.4 Å². The molecule has 0 spiro atoms. The molecule has 9 heteroatoms. The third kappa shape index (κ3) is 3.64. The number of amides is 1. The molecule has 2 aromatic heterocycles. The standard InChI is InChI=1S/C19H24N6O3/c1-13-3-6-20-11-15(13)23-17-16-18(22-12-21-17)25(7-2-10-28-16)14-4-8-24(9-5-14)19(26)27/h3,6,11-12,14H,2,4-5,7-10H2,1H3,(H,26,27)(H,21,22,23). The summed E-state index contributed by atoms with van der Waals surface area (Å²) < 4.78 is 6.02. The number of aromatic nitrogens is 3. The number of likely N-dealkylation sites (tertiary alicyclic amines) is 1. The van der Waals surface area contributed by atoms with Crippen LogP contribution in [0.2, 0.25) is 0 Å². The zero-order chi connectivity index (χ0) is 19.5. The van der Waals surface area contributed by atoms with Gasteiger partial charge in [0.15, 0.2) is 11.6 Å². The van der Waals surface area contributed by atoms with Gasteiger partial charge >= 0.3 is 6.09 Å². The molecule has 0 aromatic carbocycles. The molecular weight excluding hydrogens is 360 g/mol. The first-order chi connectivity index (χ1) is 13.6. The Morgan fingerprint density at radius 2 is 2.11 bits per heavy atom. The number of pyridine rings is 1. The van der Waals surface area contributed by atoms with E-state index in [4.69, 9.17) is 4.74 Å². The predicted octanol–water partition coefficient (Wildman–Crippen LogP) is 2.65. The predicted molar refractivity (Wildman–Crippen MR) is 104 cm³/mol. The van der Waals surface area contributed by atoms with Crippen molar-refractivity contribution in [1.82, 2.24) is 19.9 Å². The number of anilines is 3. The summed E-state index contributed by atoms with van der Waals surface area (Å²) in [6.45, 7) is 4.50. The Morgan fingerprint density at radius 1 is 1.29 bits per heavy atom. The highest BCUT2D eigenvalue weighted by molar-refractivity contribution is 5.71. The van der Waals surface area contributed by atoms with Gasteiger partial charge in [-0.1, -0.05) is 0 Å². The second-order valence-corrected chi connectivity index (χ2v) is 7.09. The maximum atomic E-state index is 11.2. The van der Waals surface area contributed by atoms with Gasteiger partial charge in [-0.15, -0.1) is 0 Å². The summed E-state index contributed by atoms with van der Waals surface area (Å²) in [6, 6.07) is 2.17. The van der Waals surface area contributed by atoms with Crippen molar-refractivity contribution in [2.45, 2.75) is 32.2 Å². The number of nitrogens with one attached hydrogen (secondary N) is 1. The molecule has 2 aromatic rings. The molecule has 4 heterocycles. The van der Waals surface area contributed by atoms with Crippen LogP contribution in [-0.4, -0.2) is 63.3 Å². The first-order valence-electron chi connectivity index (χ1n) is 9.53. The zero-order valence-electron chi connectivity index (χ0n) is 15.8. The van der Waals surface area contributed by atoms with Gasteiger partial charge in [0, 0.05) is 31.9 Å². The number of carbonyl (C=O) groups is 1. The SMILES string of the molecule is Cc1ccncc1Nc1ncnc2c1OCCCN2C1CCN(C(=O)O)CC1. The maximum absolute atomic E-state index is 11.2. The van der Waals surface area contributed by atoms with E-state index in [2.05, 4.69) is 25.2 Å². The molecule has 1 saturated heterocycles. The van der Waals surface area contributed by atoms with Gasteiger partial charge in [-0.2, -0.15) is 0 Å². The summed E-state index contributed by atoms with van der Waals surface area (Å²) in [4.78, 5) is 28.0. The van der Waals surface area contributed by atoms with E-state index in [-0.39, 0.29) is 6.04 Å². The largest absolute Gasteiger partial charge is 0.486 e. The summed E-state index contributed by atoms with van der Waals surface area (Å²) in [5, 5.41) is 12.5. The van der Waals surface area contributed by atoms with E-state index < -0.39 is 6.09 Å². The average Bonchev–Trinajstić information content (AvgIpc) is 2.93. The van der Waals surface area contributed by atoms with Crippen molar-refractivity contribution in [3.63, 3.8) is 0 Å². The second kappa shape index (κ2) is 7.87. The summed E-state index contributed by atoms with van der Waals surface area (Å²) in [5.74, 6) is 2.03. The average molecular weight is 384 g/mol. The molecule has 1 fully saturated rings. The van der Waals surface area contributed by atoms with Crippen LogP contribution in [0.25, 0.3) is 0 Å². The molecule has 2 aliphatic heterocycles. The second-order valence-electron chi connectivity index (χ2n) is 7.09. The van der Waals surface area contributed by atoms with Crippen molar-refractivity contribution in [1.29, 1.82) is 0 Å². The van der Waals surface area contributed by atoms with Crippen molar-refractivity contribution in [2.24, 2.45) is 0 Å². The van der Waals surface area contributed by atoms with Crippen molar-refractivity contribution in [2.75, 3.05) is 36.5 Å². The molecule has 9 nitrogen and oxygen atoms in total. The fourth-order valence-corrected chi connectivity index (χ4v) is 3.75.